The first-order valence-corrected chi connectivity index (χ1v) is 7.31. The molecule has 1 atom stereocenters. The van der Waals surface area contributed by atoms with Gasteiger partial charge >= 0.3 is 0 Å². The number of benzene rings is 1. The van der Waals surface area contributed by atoms with E-state index < -0.39 is 0 Å². The van der Waals surface area contributed by atoms with E-state index in [2.05, 4.69) is 67.7 Å². The molecule has 1 heterocycles. The largest absolute Gasteiger partial charge is 0.333 e. The van der Waals surface area contributed by atoms with Gasteiger partial charge in [-0.05, 0) is 39.8 Å². The number of nitrogens with zero attached hydrogens (tertiary/aromatic N) is 2. The van der Waals surface area contributed by atoms with E-state index in [-0.39, 0.29) is 0 Å². The number of likely N-dealkylation sites (N-methyl/N-ethyl adjacent to an activating group) is 1. The summed E-state index contributed by atoms with van der Waals surface area (Å²) >= 11 is 0. The Morgan fingerprint density at radius 1 is 1.10 bits per heavy atom. The van der Waals surface area contributed by atoms with Gasteiger partial charge in [-0.1, -0.05) is 36.2 Å². The van der Waals surface area contributed by atoms with Crippen LogP contribution in [-0.2, 0) is 6.54 Å². The summed E-state index contributed by atoms with van der Waals surface area (Å²) in [6.07, 6.45) is 1.94. The minimum atomic E-state index is 0.325. The third-order valence-electron chi connectivity index (χ3n) is 3.82. The second-order valence-corrected chi connectivity index (χ2v) is 5.60. The van der Waals surface area contributed by atoms with Crippen LogP contribution < -0.4 is 5.32 Å². The highest BCUT2D eigenvalue weighted by Crippen LogP contribution is 2.20. The molecule has 0 fully saturated rings. The van der Waals surface area contributed by atoms with Crippen molar-refractivity contribution >= 4 is 0 Å². The summed E-state index contributed by atoms with van der Waals surface area (Å²) in [5, 5.41) is 3.59. The maximum Gasteiger partial charge on any atom is 0.0952 e. The lowest BCUT2D eigenvalue weighted by Gasteiger charge is -2.21. The van der Waals surface area contributed by atoms with E-state index in [1.165, 1.54) is 22.4 Å². The van der Waals surface area contributed by atoms with Crippen LogP contribution in [0.1, 0.15) is 41.0 Å². The minimum absolute atomic E-state index is 0.325. The highest BCUT2D eigenvalue weighted by Gasteiger charge is 2.13. The van der Waals surface area contributed by atoms with E-state index in [1.54, 1.807) is 0 Å². The molecule has 0 aliphatic heterocycles. The first-order valence-electron chi connectivity index (χ1n) is 7.31. The highest BCUT2D eigenvalue weighted by molar-refractivity contribution is 5.30. The molecule has 0 radical (unpaired) electrons. The summed E-state index contributed by atoms with van der Waals surface area (Å²) in [4.78, 5) is 4.39. The van der Waals surface area contributed by atoms with Crippen LogP contribution in [0.4, 0.5) is 0 Å². The Morgan fingerprint density at radius 2 is 1.75 bits per heavy atom. The Hall–Kier alpha value is -1.61. The molecule has 2 aromatic rings. The van der Waals surface area contributed by atoms with Crippen LogP contribution in [0.5, 0.6) is 0 Å². The van der Waals surface area contributed by atoms with E-state index in [9.17, 15) is 0 Å². The Bertz CT molecular complexity index is 564. The van der Waals surface area contributed by atoms with Gasteiger partial charge in [0.1, 0.15) is 0 Å². The Labute approximate surface area is 122 Å². The van der Waals surface area contributed by atoms with Gasteiger partial charge in [-0.2, -0.15) is 0 Å². The van der Waals surface area contributed by atoms with Gasteiger partial charge in [-0.15, -0.1) is 0 Å². The quantitative estimate of drug-likeness (QED) is 0.902. The van der Waals surface area contributed by atoms with Crippen molar-refractivity contribution in [3.05, 3.63) is 52.6 Å². The minimum Gasteiger partial charge on any atom is -0.333 e. The van der Waals surface area contributed by atoms with Gasteiger partial charge < -0.3 is 9.88 Å². The number of hydrogen-bond acceptors (Lipinski definition) is 2. The maximum absolute atomic E-state index is 4.39. The van der Waals surface area contributed by atoms with Crippen LogP contribution in [0.2, 0.25) is 0 Å². The third kappa shape index (κ3) is 3.28. The number of aromatic nitrogens is 2. The summed E-state index contributed by atoms with van der Waals surface area (Å²) in [5.41, 5.74) is 6.36. The SMILES string of the molecule is CCNC(Cn1cnc(C)c1C)c1cc(C)cc(C)c1. The van der Waals surface area contributed by atoms with Crippen molar-refractivity contribution in [1.29, 1.82) is 0 Å². The first-order chi connectivity index (χ1) is 9.51. The molecule has 3 nitrogen and oxygen atoms in total. The van der Waals surface area contributed by atoms with Crippen LogP contribution in [0.3, 0.4) is 0 Å². The summed E-state index contributed by atoms with van der Waals surface area (Å²) in [6.45, 7) is 12.5. The molecule has 0 saturated heterocycles. The molecule has 1 aromatic carbocycles. The standard InChI is InChI=1S/C17H25N3/c1-6-18-17(10-20-11-19-14(4)15(20)5)16-8-12(2)7-13(3)9-16/h7-9,11,17-18H,6,10H2,1-5H3. The topological polar surface area (TPSA) is 29.9 Å². The maximum atomic E-state index is 4.39. The van der Waals surface area contributed by atoms with E-state index in [0.29, 0.717) is 6.04 Å². The third-order valence-corrected chi connectivity index (χ3v) is 3.82. The molecule has 2 rings (SSSR count). The Balaban J connectivity index is 2.28. The molecule has 20 heavy (non-hydrogen) atoms. The van der Waals surface area contributed by atoms with Crippen molar-refractivity contribution < 1.29 is 0 Å². The average molecular weight is 271 g/mol. The second kappa shape index (κ2) is 6.23. The van der Waals surface area contributed by atoms with Gasteiger partial charge in [0.2, 0.25) is 0 Å². The number of aryl methyl sites for hydroxylation is 3. The summed E-state index contributed by atoms with van der Waals surface area (Å²) < 4.78 is 2.24. The normalized spacial score (nSPS) is 12.7. The molecule has 0 aliphatic carbocycles. The lowest BCUT2D eigenvalue weighted by Crippen LogP contribution is -2.25. The number of rotatable bonds is 5. The smallest absolute Gasteiger partial charge is 0.0952 e. The van der Waals surface area contributed by atoms with Crippen molar-refractivity contribution in [3.8, 4) is 0 Å². The summed E-state index contributed by atoms with van der Waals surface area (Å²) in [7, 11) is 0. The van der Waals surface area contributed by atoms with Crippen molar-refractivity contribution in [2.45, 2.75) is 47.2 Å². The van der Waals surface area contributed by atoms with Crippen molar-refractivity contribution in [3.63, 3.8) is 0 Å². The zero-order valence-corrected chi connectivity index (χ0v) is 13.2. The van der Waals surface area contributed by atoms with E-state index in [1.807, 2.05) is 6.33 Å². The van der Waals surface area contributed by atoms with Gasteiger partial charge in [0, 0.05) is 12.2 Å². The second-order valence-electron chi connectivity index (χ2n) is 5.60. The van der Waals surface area contributed by atoms with Crippen molar-refractivity contribution in [2.24, 2.45) is 0 Å². The molecule has 0 spiro atoms. The van der Waals surface area contributed by atoms with Gasteiger partial charge in [0.15, 0.2) is 0 Å². The molecule has 1 aromatic heterocycles. The fourth-order valence-electron chi connectivity index (χ4n) is 2.67. The average Bonchev–Trinajstić information content (AvgIpc) is 2.69. The predicted molar refractivity (Wildman–Crippen MR) is 84.0 cm³/mol. The summed E-state index contributed by atoms with van der Waals surface area (Å²) in [6, 6.07) is 7.10. The number of nitrogens with one attached hydrogen (secondary N) is 1. The Kier molecular flexibility index (Phi) is 4.61. The Morgan fingerprint density at radius 3 is 2.25 bits per heavy atom. The van der Waals surface area contributed by atoms with E-state index >= 15 is 0 Å². The number of imidazole rings is 1. The van der Waals surface area contributed by atoms with Gasteiger partial charge in [0.25, 0.3) is 0 Å². The van der Waals surface area contributed by atoms with Crippen molar-refractivity contribution in [1.82, 2.24) is 14.9 Å². The molecule has 1 N–H and O–H groups in total. The van der Waals surface area contributed by atoms with Crippen LogP contribution in [-0.4, -0.2) is 16.1 Å². The van der Waals surface area contributed by atoms with Crippen LogP contribution >= 0.6 is 0 Å². The molecule has 108 valence electrons. The van der Waals surface area contributed by atoms with Gasteiger partial charge in [-0.25, -0.2) is 4.98 Å². The van der Waals surface area contributed by atoms with Crippen molar-refractivity contribution in [2.75, 3.05) is 6.54 Å². The zero-order valence-electron chi connectivity index (χ0n) is 13.2. The lowest BCUT2D eigenvalue weighted by atomic mass is 10.0. The van der Waals surface area contributed by atoms with Crippen LogP contribution in [0, 0.1) is 27.7 Å². The molecule has 0 saturated carbocycles. The van der Waals surface area contributed by atoms with Crippen LogP contribution in [0.25, 0.3) is 0 Å². The monoisotopic (exact) mass is 271 g/mol. The van der Waals surface area contributed by atoms with Crippen LogP contribution in [0.15, 0.2) is 24.5 Å². The van der Waals surface area contributed by atoms with Gasteiger partial charge in [-0.3, -0.25) is 0 Å². The summed E-state index contributed by atoms with van der Waals surface area (Å²) in [5.74, 6) is 0. The molecule has 3 heteroatoms. The first kappa shape index (κ1) is 14.8. The molecule has 0 amide bonds. The highest BCUT2D eigenvalue weighted by atomic mass is 15.1. The molecular weight excluding hydrogens is 246 g/mol. The fraction of sp³-hybridized carbons (Fsp3) is 0.471. The molecule has 0 aliphatic rings. The predicted octanol–water partition coefficient (Wildman–Crippen LogP) is 3.47. The van der Waals surface area contributed by atoms with E-state index in [4.69, 9.17) is 0 Å². The molecule has 0 bridgehead atoms. The zero-order chi connectivity index (χ0) is 14.7. The number of hydrogen-bond donors (Lipinski definition) is 1. The van der Waals surface area contributed by atoms with Gasteiger partial charge in [0.05, 0.1) is 18.1 Å². The fourth-order valence-corrected chi connectivity index (χ4v) is 2.67. The molecular formula is C17H25N3. The molecule has 1 unspecified atom stereocenters. The lowest BCUT2D eigenvalue weighted by molar-refractivity contribution is 0.469. The van der Waals surface area contributed by atoms with E-state index in [0.717, 1.165) is 18.8 Å².